The van der Waals surface area contributed by atoms with Crippen molar-refractivity contribution >= 4 is 5.65 Å². The number of benzene rings is 1. The van der Waals surface area contributed by atoms with Crippen LogP contribution in [-0.2, 0) is 11.6 Å². The lowest BCUT2D eigenvalue weighted by atomic mass is 9.86. The number of halogens is 3. The van der Waals surface area contributed by atoms with E-state index < -0.39 is 11.9 Å². The first-order chi connectivity index (χ1) is 11.6. The molecule has 0 saturated heterocycles. The van der Waals surface area contributed by atoms with E-state index >= 15 is 0 Å². The Bertz CT molecular complexity index is 971. The number of nitrogens with zero attached hydrogens (tertiary/aromatic N) is 4. The van der Waals surface area contributed by atoms with E-state index in [4.69, 9.17) is 5.26 Å². The van der Waals surface area contributed by atoms with E-state index in [9.17, 15) is 13.2 Å². The molecule has 0 aliphatic carbocycles. The molecule has 2 aromatic heterocycles. The Morgan fingerprint density at radius 2 is 1.72 bits per heavy atom. The Balaban J connectivity index is 2.21. The molecule has 0 aliphatic rings. The second-order valence-electron chi connectivity index (χ2n) is 6.76. The van der Waals surface area contributed by atoms with Crippen molar-refractivity contribution in [2.45, 2.75) is 32.4 Å². The van der Waals surface area contributed by atoms with Crippen LogP contribution in [0.4, 0.5) is 13.2 Å². The minimum absolute atomic E-state index is 0.00124. The third-order valence-electron chi connectivity index (χ3n) is 3.93. The Morgan fingerprint density at radius 1 is 1.08 bits per heavy atom. The summed E-state index contributed by atoms with van der Waals surface area (Å²) in [7, 11) is 0. The summed E-state index contributed by atoms with van der Waals surface area (Å²) >= 11 is 0. The van der Waals surface area contributed by atoms with E-state index in [0.717, 1.165) is 17.8 Å². The van der Waals surface area contributed by atoms with Crippen LogP contribution in [-0.4, -0.2) is 14.6 Å². The van der Waals surface area contributed by atoms with Gasteiger partial charge in [0.15, 0.2) is 11.3 Å². The largest absolute Gasteiger partial charge is 0.433 e. The van der Waals surface area contributed by atoms with E-state index in [1.807, 2.05) is 18.2 Å². The number of alkyl halides is 3. The van der Waals surface area contributed by atoms with Gasteiger partial charge >= 0.3 is 6.18 Å². The molecule has 0 fully saturated rings. The van der Waals surface area contributed by atoms with Crippen LogP contribution in [0.15, 0.2) is 36.5 Å². The Labute approximate surface area is 142 Å². The summed E-state index contributed by atoms with van der Waals surface area (Å²) in [5, 5.41) is 12.7. The molecule has 0 amide bonds. The van der Waals surface area contributed by atoms with Crippen LogP contribution in [0.3, 0.4) is 0 Å². The van der Waals surface area contributed by atoms with Gasteiger partial charge in [-0.1, -0.05) is 45.0 Å². The van der Waals surface area contributed by atoms with Crippen LogP contribution in [0.25, 0.3) is 16.9 Å². The fourth-order valence-corrected chi connectivity index (χ4v) is 2.53. The van der Waals surface area contributed by atoms with E-state index in [2.05, 4.69) is 30.9 Å². The van der Waals surface area contributed by atoms with Gasteiger partial charge in [0.2, 0.25) is 0 Å². The molecule has 1 aromatic carbocycles. The molecule has 0 aliphatic heterocycles. The van der Waals surface area contributed by atoms with Crippen LogP contribution >= 0.6 is 0 Å². The molecule has 0 bridgehead atoms. The second-order valence-corrected chi connectivity index (χ2v) is 6.76. The molecule has 2 heterocycles. The third kappa shape index (κ3) is 3.07. The first-order valence-electron chi connectivity index (χ1n) is 7.58. The maximum Gasteiger partial charge on any atom is 0.433 e. The molecule has 0 radical (unpaired) electrons. The highest BCUT2D eigenvalue weighted by atomic mass is 19.4. The molecule has 0 atom stereocenters. The normalized spacial score (nSPS) is 12.4. The van der Waals surface area contributed by atoms with Crippen molar-refractivity contribution in [3.63, 3.8) is 0 Å². The SMILES string of the molecule is CC(C)(C)c1ccc(-c2cc(C(F)(F)F)n3ncc(C#N)c3n2)cc1. The minimum atomic E-state index is -4.61. The zero-order chi connectivity index (χ0) is 18.4. The Hall–Kier alpha value is -2.88. The van der Waals surface area contributed by atoms with Crippen molar-refractivity contribution in [2.75, 3.05) is 0 Å². The molecule has 25 heavy (non-hydrogen) atoms. The first kappa shape index (κ1) is 17.0. The van der Waals surface area contributed by atoms with Crippen molar-refractivity contribution in [3.8, 4) is 17.3 Å². The zero-order valence-electron chi connectivity index (χ0n) is 13.9. The number of hydrogen-bond acceptors (Lipinski definition) is 3. The van der Waals surface area contributed by atoms with Crippen molar-refractivity contribution in [1.82, 2.24) is 14.6 Å². The Morgan fingerprint density at radius 3 is 2.24 bits per heavy atom. The van der Waals surface area contributed by atoms with Gasteiger partial charge in [0, 0.05) is 5.56 Å². The quantitative estimate of drug-likeness (QED) is 0.649. The van der Waals surface area contributed by atoms with Gasteiger partial charge in [0.05, 0.1) is 11.9 Å². The van der Waals surface area contributed by atoms with E-state index in [0.29, 0.717) is 10.1 Å². The molecular weight excluding hydrogens is 329 g/mol. The van der Waals surface area contributed by atoms with Gasteiger partial charge in [-0.25, -0.2) is 9.50 Å². The summed E-state index contributed by atoms with van der Waals surface area (Å²) < 4.78 is 40.8. The summed E-state index contributed by atoms with van der Waals surface area (Å²) in [5.74, 6) is 0. The predicted molar refractivity (Wildman–Crippen MR) is 86.8 cm³/mol. The fraction of sp³-hybridized carbons (Fsp3) is 0.278. The second kappa shape index (κ2) is 5.59. The molecular formula is C18H15F3N4. The molecule has 3 rings (SSSR count). The van der Waals surface area contributed by atoms with Gasteiger partial charge in [-0.2, -0.15) is 23.5 Å². The van der Waals surface area contributed by atoms with E-state index in [-0.39, 0.29) is 22.3 Å². The van der Waals surface area contributed by atoms with Crippen LogP contribution in [0, 0.1) is 11.3 Å². The summed E-state index contributed by atoms with van der Waals surface area (Å²) in [6, 6.07) is 9.99. The van der Waals surface area contributed by atoms with Crippen LogP contribution in [0.5, 0.6) is 0 Å². The highest BCUT2D eigenvalue weighted by Gasteiger charge is 2.35. The average Bonchev–Trinajstić information content (AvgIpc) is 2.95. The predicted octanol–water partition coefficient (Wildman–Crippen LogP) is 4.58. The van der Waals surface area contributed by atoms with Gasteiger partial charge in [0.25, 0.3) is 0 Å². The van der Waals surface area contributed by atoms with E-state index in [1.165, 1.54) is 0 Å². The van der Waals surface area contributed by atoms with Crippen molar-refractivity contribution in [1.29, 1.82) is 5.26 Å². The van der Waals surface area contributed by atoms with Crippen LogP contribution in [0.1, 0.15) is 37.6 Å². The summed E-state index contributed by atoms with van der Waals surface area (Å²) in [6.07, 6.45) is -3.52. The maximum absolute atomic E-state index is 13.4. The fourth-order valence-electron chi connectivity index (χ4n) is 2.53. The highest BCUT2D eigenvalue weighted by molar-refractivity contribution is 5.66. The van der Waals surface area contributed by atoms with E-state index in [1.54, 1.807) is 12.1 Å². The number of hydrogen-bond donors (Lipinski definition) is 0. The molecule has 0 N–H and O–H groups in total. The summed E-state index contributed by atoms with van der Waals surface area (Å²) in [4.78, 5) is 4.22. The first-order valence-corrected chi connectivity index (χ1v) is 7.58. The van der Waals surface area contributed by atoms with Crippen LogP contribution in [0.2, 0.25) is 0 Å². The number of fused-ring (bicyclic) bond motifs is 1. The smallest absolute Gasteiger partial charge is 0.227 e. The van der Waals surface area contributed by atoms with Crippen molar-refractivity contribution in [2.24, 2.45) is 0 Å². The summed E-state index contributed by atoms with van der Waals surface area (Å²) in [6.45, 7) is 6.17. The maximum atomic E-state index is 13.4. The number of nitriles is 1. The van der Waals surface area contributed by atoms with Crippen LogP contribution < -0.4 is 0 Å². The molecule has 128 valence electrons. The van der Waals surface area contributed by atoms with Crippen molar-refractivity contribution < 1.29 is 13.2 Å². The van der Waals surface area contributed by atoms with Gasteiger partial charge in [-0.15, -0.1) is 0 Å². The standard InChI is InChI=1S/C18H15F3N4/c1-17(2,3)13-6-4-11(5-7-13)14-8-15(18(19,20)21)25-16(24-14)12(9-22)10-23-25/h4-8,10H,1-3H3. The van der Waals surface area contributed by atoms with Gasteiger partial charge in [0.1, 0.15) is 11.6 Å². The highest BCUT2D eigenvalue weighted by Crippen LogP contribution is 2.33. The topological polar surface area (TPSA) is 54.0 Å². The molecule has 7 heteroatoms. The average molecular weight is 344 g/mol. The lowest BCUT2D eigenvalue weighted by Gasteiger charge is -2.19. The van der Waals surface area contributed by atoms with Gasteiger partial charge in [-0.05, 0) is 17.0 Å². The molecule has 4 nitrogen and oxygen atoms in total. The Kier molecular flexibility index (Phi) is 3.79. The third-order valence-corrected chi connectivity index (χ3v) is 3.93. The molecule has 0 spiro atoms. The molecule has 3 aromatic rings. The summed E-state index contributed by atoms with van der Waals surface area (Å²) in [5.41, 5.74) is 0.630. The van der Waals surface area contributed by atoms with Gasteiger partial charge in [-0.3, -0.25) is 0 Å². The molecule has 0 saturated carbocycles. The van der Waals surface area contributed by atoms with Gasteiger partial charge < -0.3 is 0 Å². The monoisotopic (exact) mass is 344 g/mol. The zero-order valence-corrected chi connectivity index (χ0v) is 13.9. The lowest BCUT2D eigenvalue weighted by molar-refractivity contribution is -0.142. The van der Waals surface area contributed by atoms with Crippen molar-refractivity contribution in [3.05, 3.63) is 53.3 Å². The minimum Gasteiger partial charge on any atom is -0.227 e. The molecule has 0 unspecified atom stereocenters. The lowest BCUT2D eigenvalue weighted by Crippen LogP contribution is -2.14. The number of aromatic nitrogens is 3. The number of rotatable bonds is 1.